The lowest BCUT2D eigenvalue weighted by molar-refractivity contribution is -0.134. The number of anilines is 1. The van der Waals surface area contributed by atoms with Crippen LogP contribution in [-0.2, 0) is 9.59 Å². The average Bonchev–Trinajstić information content (AvgIpc) is 2.62. The molecule has 1 unspecified atom stereocenters. The minimum atomic E-state index is 0.0473. The molecule has 1 aromatic rings. The van der Waals surface area contributed by atoms with Crippen molar-refractivity contribution in [1.29, 1.82) is 0 Å². The molecule has 1 aromatic carbocycles. The Morgan fingerprint density at radius 2 is 1.75 bits per heavy atom. The van der Waals surface area contributed by atoms with Crippen molar-refractivity contribution in [2.45, 2.75) is 39.7 Å². The SMILES string of the molecule is CCC(C)N(CCC(=O)N1CCN(c2ccccc2)CC1)C(C)=O. The van der Waals surface area contributed by atoms with Gasteiger partial charge in [-0.3, -0.25) is 9.59 Å². The van der Waals surface area contributed by atoms with Crippen LogP contribution >= 0.6 is 0 Å². The van der Waals surface area contributed by atoms with Crippen LogP contribution in [0.15, 0.2) is 30.3 Å². The molecular weight excluding hydrogens is 302 g/mol. The Morgan fingerprint density at radius 1 is 1.12 bits per heavy atom. The van der Waals surface area contributed by atoms with Crippen molar-refractivity contribution in [3.63, 3.8) is 0 Å². The molecule has 5 nitrogen and oxygen atoms in total. The lowest BCUT2D eigenvalue weighted by Gasteiger charge is -2.36. The molecule has 1 aliphatic rings. The van der Waals surface area contributed by atoms with Crippen molar-refractivity contribution < 1.29 is 9.59 Å². The first kappa shape index (κ1) is 18.3. The molecule has 1 aliphatic heterocycles. The first-order valence-electron chi connectivity index (χ1n) is 8.88. The van der Waals surface area contributed by atoms with Gasteiger partial charge in [-0.05, 0) is 25.5 Å². The number of amides is 2. The first-order chi connectivity index (χ1) is 11.5. The average molecular weight is 331 g/mol. The molecule has 0 saturated carbocycles. The lowest BCUT2D eigenvalue weighted by atomic mass is 10.2. The molecule has 0 aromatic heterocycles. The number of benzene rings is 1. The Morgan fingerprint density at radius 3 is 2.29 bits per heavy atom. The molecular formula is C19H29N3O2. The van der Waals surface area contributed by atoms with Crippen LogP contribution < -0.4 is 4.90 Å². The number of carbonyl (C=O) groups excluding carboxylic acids is 2. The van der Waals surface area contributed by atoms with Crippen molar-refractivity contribution in [3.8, 4) is 0 Å². The third-order valence-electron chi connectivity index (χ3n) is 4.85. The molecule has 1 heterocycles. The Kier molecular flexibility index (Phi) is 6.64. The summed E-state index contributed by atoms with van der Waals surface area (Å²) >= 11 is 0. The van der Waals surface area contributed by atoms with Crippen molar-refractivity contribution in [2.75, 3.05) is 37.6 Å². The number of para-hydroxylation sites is 1. The summed E-state index contributed by atoms with van der Waals surface area (Å²) < 4.78 is 0. The van der Waals surface area contributed by atoms with E-state index in [4.69, 9.17) is 0 Å². The molecule has 1 atom stereocenters. The normalized spacial score (nSPS) is 16.0. The van der Waals surface area contributed by atoms with Gasteiger partial charge in [0.15, 0.2) is 0 Å². The van der Waals surface area contributed by atoms with Gasteiger partial charge in [0.1, 0.15) is 0 Å². The Labute approximate surface area is 145 Å². The zero-order chi connectivity index (χ0) is 17.5. The maximum Gasteiger partial charge on any atom is 0.224 e. The van der Waals surface area contributed by atoms with Crippen LogP contribution in [0.1, 0.15) is 33.6 Å². The zero-order valence-corrected chi connectivity index (χ0v) is 15.1. The number of carbonyl (C=O) groups is 2. The van der Waals surface area contributed by atoms with E-state index >= 15 is 0 Å². The van der Waals surface area contributed by atoms with Crippen LogP contribution in [0.5, 0.6) is 0 Å². The van der Waals surface area contributed by atoms with Gasteiger partial charge in [-0.1, -0.05) is 25.1 Å². The smallest absolute Gasteiger partial charge is 0.224 e. The number of rotatable bonds is 6. The van der Waals surface area contributed by atoms with Gasteiger partial charge >= 0.3 is 0 Å². The maximum absolute atomic E-state index is 12.4. The highest BCUT2D eigenvalue weighted by atomic mass is 16.2. The lowest BCUT2D eigenvalue weighted by Crippen LogP contribution is -2.49. The first-order valence-corrected chi connectivity index (χ1v) is 8.88. The molecule has 24 heavy (non-hydrogen) atoms. The fourth-order valence-corrected chi connectivity index (χ4v) is 3.14. The quantitative estimate of drug-likeness (QED) is 0.804. The standard InChI is InChI=1S/C19H29N3O2/c1-4-16(2)22(17(3)23)11-10-19(24)21-14-12-20(13-15-21)18-8-6-5-7-9-18/h5-9,16H,4,10-15H2,1-3H3. The zero-order valence-electron chi connectivity index (χ0n) is 15.1. The summed E-state index contributed by atoms with van der Waals surface area (Å²) in [7, 11) is 0. The maximum atomic E-state index is 12.4. The predicted octanol–water partition coefficient (Wildman–Crippen LogP) is 2.37. The van der Waals surface area contributed by atoms with Crippen molar-refractivity contribution >= 4 is 17.5 Å². The summed E-state index contributed by atoms with van der Waals surface area (Å²) in [5.74, 6) is 0.198. The fourth-order valence-electron chi connectivity index (χ4n) is 3.14. The highest BCUT2D eigenvalue weighted by Crippen LogP contribution is 2.16. The van der Waals surface area contributed by atoms with E-state index in [2.05, 4.69) is 24.0 Å². The Balaban J connectivity index is 1.81. The number of piperazine rings is 1. The number of hydrogen-bond acceptors (Lipinski definition) is 3. The topological polar surface area (TPSA) is 43.9 Å². The van der Waals surface area contributed by atoms with Crippen molar-refractivity contribution in [3.05, 3.63) is 30.3 Å². The van der Waals surface area contributed by atoms with Gasteiger partial charge in [0, 0.05) is 57.8 Å². The van der Waals surface area contributed by atoms with Crippen molar-refractivity contribution in [2.24, 2.45) is 0 Å². The van der Waals surface area contributed by atoms with Crippen molar-refractivity contribution in [1.82, 2.24) is 9.80 Å². The van der Waals surface area contributed by atoms with Gasteiger partial charge in [0.25, 0.3) is 0 Å². The summed E-state index contributed by atoms with van der Waals surface area (Å²) in [5, 5.41) is 0. The fraction of sp³-hybridized carbons (Fsp3) is 0.579. The van der Waals surface area contributed by atoms with Gasteiger partial charge in [-0.25, -0.2) is 0 Å². The Bertz CT molecular complexity index is 539. The third kappa shape index (κ3) is 4.73. The molecule has 1 saturated heterocycles. The molecule has 0 radical (unpaired) electrons. The second kappa shape index (κ2) is 8.71. The van der Waals surface area contributed by atoms with E-state index in [1.165, 1.54) is 5.69 Å². The predicted molar refractivity (Wildman–Crippen MR) is 97.0 cm³/mol. The van der Waals surface area contributed by atoms with Crippen LogP contribution in [0, 0.1) is 0 Å². The summed E-state index contributed by atoms with van der Waals surface area (Å²) in [6.45, 7) is 9.40. The monoisotopic (exact) mass is 331 g/mol. The van der Waals surface area contributed by atoms with Gasteiger partial charge in [-0.15, -0.1) is 0 Å². The molecule has 132 valence electrons. The molecule has 0 bridgehead atoms. The second-order valence-corrected chi connectivity index (χ2v) is 6.42. The molecule has 0 spiro atoms. The largest absolute Gasteiger partial charge is 0.368 e. The minimum absolute atomic E-state index is 0.0473. The van der Waals surface area contributed by atoms with E-state index in [0.717, 1.165) is 32.6 Å². The van der Waals surface area contributed by atoms with Gasteiger partial charge in [-0.2, -0.15) is 0 Å². The van der Waals surface area contributed by atoms with E-state index in [0.29, 0.717) is 13.0 Å². The van der Waals surface area contributed by atoms with E-state index in [1.807, 2.05) is 30.0 Å². The van der Waals surface area contributed by atoms with E-state index in [9.17, 15) is 9.59 Å². The second-order valence-electron chi connectivity index (χ2n) is 6.42. The molecule has 1 fully saturated rings. The molecule has 2 amide bonds. The molecule has 2 rings (SSSR count). The highest BCUT2D eigenvalue weighted by Gasteiger charge is 2.23. The van der Waals surface area contributed by atoms with E-state index in [-0.39, 0.29) is 17.9 Å². The van der Waals surface area contributed by atoms with Gasteiger partial charge < -0.3 is 14.7 Å². The summed E-state index contributed by atoms with van der Waals surface area (Å²) in [6, 6.07) is 10.5. The summed E-state index contributed by atoms with van der Waals surface area (Å²) in [5.41, 5.74) is 1.21. The summed E-state index contributed by atoms with van der Waals surface area (Å²) in [4.78, 5) is 30.2. The molecule has 5 heteroatoms. The molecule has 0 aliphatic carbocycles. The summed E-state index contributed by atoms with van der Waals surface area (Å²) in [6.07, 6.45) is 1.32. The van der Waals surface area contributed by atoms with Gasteiger partial charge in [0.05, 0.1) is 0 Å². The number of nitrogens with zero attached hydrogens (tertiary/aromatic N) is 3. The number of hydrogen-bond donors (Lipinski definition) is 0. The van der Waals surface area contributed by atoms with E-state index < -0.39 is 0 Å². The van der Waals surface area contributed by atoms with Crippen LogP contribution in [0.4, 0.5) is 5.69 Å². The Hall–Kier alpha value is -2.04. The minimum Gasteiger partial charge on any atom is -0.368 e. The van der Waals surface area contributed by atoms with E-state index in [1.54, 1.807) is 11.8 Å². The van der Waals surface area contributed by atoms with Crippen LogP contribution in [0.2, 0.25) is 0 Å². The molecule has 0 N–H and O–H groups in total. The van der Waals surface area contributed by atoms with Crippen LogP contribution in [0.3, 0.4) is 0 Å². The third-order valence-corrected chi connectivity index (χ3v) is 4.85. The highest BCUT2D eigenvalue weighted by molar-refractivity contribution is 5.78. The van der Waals surface area contributed by atoms with Crippen LogP contribution in [-0.4, -0.2) is 60.4 Å². The van der Waals surface area contributed by atoms with Crippen LogP contribution in [0.25, 0.3) is 0 Å². The van der Waals surface area contributed by atoms with Gasteiger partial charge in [0.2, 0.25) is 11.8 Å².